The van der Waals surface area contributed by atoms with Crippen LogP contribution < -0.4 is 10.2 Å². The number of guanidine groups is 1. The number of halogens is 1. The Morgan fingerprint density at radius 1 is 1.21 bits per heavy atom. The van der Waals surface area contributed by atoms with Crippen molar-refractivity contribution in [2.75, 3.05) is 58.3 Å². The SMILES string of the molecule is CN(C)C(=O)CN=C(NCCc1ccco1)N1CCN(c2cccc(Cl)c2)CC1. The van der Waals surface area contributed by atoms with Gasteiger partial charge in [-0.1, -0.05) is 17.7 Å². The van der Waals surface area contributed by atoms with Crippen molar-refractivity contribution in [3.8, 4) is 0 Å². The second-order valence-corrected chi connectivity index (χ2v) is 7.57. The molecule has 0 spiro atoms. The van der Waals surface area contributed by atoms with Crippen molar-refractivity contribution >= 4 is 29.2 Å². The number of aliphatic imine (C=N–C) groups is 1. The molecule has 1 aliphatic rings. The number of carbonyl (C=O) groups excluding carboxylic acids is 1. The molecule has 1 amide bonds. The third kappa shape index (κ3) is 6.15. The summed E-state index contributed by atoms with van der Waals surface area (Å²) in [6.45, 7) is 4.17. The van der Waals surface area contributed by atoms with Crippen LogP contribution in [-0.2, 0) is 11.2 Å². The Bertz CT molecular complexity index is 814. The molecule has 1 aliphatic heterocycles. The zero-order valence-corrected chi connectivity index (χ0v) is 17.7. The van der Waals surface area contributed by atoms with Gasteiger partial charge < -0.3 is 24.4 Å². The van der Waals surface area contributed by atoms with E-state index in [9.17, 15) is 4.79 Å². The van der Waals surface area contributed by atoms with Crippen LogP contribution in [0.5, 0.6) is 0 Å². The number of piperazine rings is 1. The Morgan fingerprint density at radius 2 is 2.00 bits per heavy atom. The van der Waals surface area contributed by atoms with E-state index in [0.29, 0.717) is 6.54 Å². The van der Waals surface area contributed by atoms with Crippen molar-refractivity contribution < 1.29 is 9.21 Å². The molecule has 0 bridgehead atoms. The topological polar surface area (TPSA) is 64.3 Å². The standard InChI is InChI=1S/C21H28ClN5O2/c1-25(2)20(28)16-24-21(23-9-8-19-7-4-14-29-19)27-12-10-26(11-13-27)18-6-3-5-17(22)15-18/h3-7,14-15H,8-13,16H2,1-2H3,(H,23,24). The number of hydrogen-bond donors (Lipinski definition) is 1. The van der Waals surface area contributed by atoms with E-state index >= 15 is 0 Å². The summed E-state index contributed by atoms with van der Waals surface area (Å²) in [5.74, 6) is 1.66. The van der Waals surface area contributed by atoms with Crippen LogP contribution in [-0.4, -0.2) is 75.0 Å². The molecule has 0 saturated carbocycles. The summed E-state index contributed by atoms with van der Waals surface area (Å²) in [5, 5.41) is 4.14. The first-order chi connectivity index (χ1) is 14.0. The molecule has 2 heterocycles. The van der Waals surface area contributed by atoms with Gasteiger partial charge in [-0.15, -0.1) is 0 Å². The highest BCUT2D eigenvalue weighted by Gasteiger charge is 2.20. The molecule has 8 heteroatoms. The summed E-state index contributed by atoms with van der Waals surface area (Å²) < 4.78 is 5.39. The largest absolute Gasteiger partial charge is 0.469 e. The van der Waals surface area contributed by atoms with Crippen molar-refractivity contribution in [1.82, 2.24) is 15.1 Å². The number of amides is 1. The second-order valence-electron chi connectivity index (χ2n) is 7.14. The first-order valence-electron chi connectivity index (χ1n) is 9.79. The lowest BCUT2D eigenvalue weighted by molar-refractivity contribution is -0.127. The second kappa shape index (κ2) is 10.2. The minimum absolute atomic E-state index is 0.0205. The summed E-state index contributed by atoms with van der Waals surface area (Å²) in [5.41, 5.74) is 1.13. The van der Waals surface area contributed by atoms with Crippen LogP contribution >= 0.6 is 11.6 Å². The number of anilines is 1. The Kier molecular flexibility index (Phi) is 7.41. The molecular weight excluding hydrogens is 390 g/mol. The smallest absolute Gasteiger partial charge is 0.243 e. The van der Waals surface area contributed by atoms with Gasteiger partial charge in [0.2, 0.25) is 5.91 Å². The van der Waals surface area contributed by atoms with Crippen molar-refractivity contribution in [3.63, 3.8) is 0 Å². The van der Waals surface area contributed by atoms with Crippen LogP contribution in [0.15, 0.2) is 52.1 Å². The predicted molar refractivity (Wildman–Crippen MR) is 117 cm³/mol. The van der Waals surface area contributed by atoms with E-state index in [-0.39, 0.29) is 12.5 Å². The molecular formula is C21H28ClN5O2. The molecule has 1 N–H and O–H groups in total. The van der Waals surface area contributed by atoms with Crippen LogP contribution in [0.4, 0.5) is 5.69 Å². The Balaban J connectivity index is 1.60. The molecule has 0 atom stereocenters. The number of likely N-dealkylation sites (N-methyl/N-ethyl adjacent to an activating group) is 1. The van der Waals surface area contributed by atoms with Crippen LogP contribution in [0.1, 0.15) is 5.76 Å². The summed E-state index contributed by atoms with van der Waals surface area (Å²) in [4.78, 5) is 22.6. The Labute approximate surface area is 176 Å². The highest BCUT2D eigenvalue weighted by atomic mass is 35.5. The Morgan fingerprint density at radius 3 is 2.66 bits per heavy atom. The fraction of sp³-hybridized carbons (Fsp3) is 0.429. The van der Waals surface area contributed by atoms with Crippen LogP contribution in [0.2, 0.25) is 5.02 Å². The lowest BCUT2D eigenvalue weighted by Gasteiger charge is -2.37. The van der Waals surface area contributed by atoms with E-state index in [1.807, 2.05) is 30.3 Å². The molecule has 3 rings (SSSR count). The fourth-order valence-electron chi connectivity index (χ4n) is 3.15. The van der Waals surface area contributed by atoms with Crippen LogP contribution in [0, 0.1) is 0 Å². The van der Waals surface area contributed by atoms with E-state index in [1.165, 1.54) is 0 Å². The maximum Gasteiger partial charge on any atom is 0.243 e. The normalized spacial score (nSPS) is 14.8. The number of carbonyl (C=O) groups is 1. The van der Waals surface area contributed by atoms with E-state index in [1.54, 1.807) is 25.3 Å². The predicted octanol–water partition coefficient (Wildman–Crippen LogP) is 2.33. The van der Waals surface area contributed by atoms with E-state index in [0.717, 1.165) is 55.0 Å². The van der Waals surface area contributed by atoms with Gasteiger partial charge in [0.15, 0.2) is 5.96 Å². The molecule has 7 nitrogen and oxygen atoms in total. The number of hydrogen-bond acceptors (Lipinski definition) is 4. The highest BCUT2D eigenvalue weighted by molar-refractivity contribution is 6.30. The van der Waals surface area contributed by atoms with E-state index < -0.39 is 0 Å². The number of nitrogens with one attached hydrogen (secondary N) is 1. The lowest BCUT2D eigenvalue weighted by atomic mass is 10.2. The lowest BCUT2D eigenvalue weighted by Crippen LogP contribution is -2.53. The molecule has 1 saturated heterocycles. The van der Waals surface area contributed by atoms with Gasteiger partial charge in [-0.05, 0) is 30.3 Å². The third-order valence-corrected chi connectivity index (χ3v) is 5.09. The van der Waals surface area contributed by atoms with Crippen LogP contribution in [0.3, 0.4) is 0 Å². The van der Waals surface area contributed by atoms with Gasteiger partial charge in [-0.25, -0.2) is 4.99 Å². The summed E-state index contributed by atoms with van der Waals surface area (Å²) in [6.07, 6.45) is 2.44. The minimum atomic E-state index is -0.0205. The average Bonchev–Trinajstić information content (AvgIpc) is 3.24. The summed E-state index contributed by atoms with van der Waals surface area (Å²) in [6, 6.07) is 11.8. The molecule has 2 aromatic rings. The maximum atomic E-state index is 12.0. The van der Waals surface area contributed by atoms with Crippen molar-refractivity contribution in [2.45, 2.75) is 6.42 Å². The molecule has 0 unspecified atom stereocenters. The van der Waals surface area contributed by atoms with Crippen molar-refractivity contribution in [3.05, 3.63) is 53.4 Å². The molecule has 1 fully saturated rings. The minimum Gasteiger partial charge on any atom is -0.469 e. The summed E-state index contributed by atoms with van der Waals surface area (Å²) in [7, 11) is 3.48. The van der Waals surface area contributed by atoms with Crippen molar-refractivity contribution in [2.24, 2.45) is 4.99 Å². The molecule has 156 valence electrons. The first kappa shape index (κ1) is 21.0. The molecule has 1 aromatic carbocycles. The highest BCUT2D eigenvalue weighted by Crippen LogP contribution is 2.20. The van der Waals surface area contributed by atoms with E-state index in [4.69, 9.17) is 16.0 Å². The number of nitrogens with zero attached hydrogens (tertiary/aromatic N) is 4. The maximum absolute atomic E-state index is 12.0. The fourth-order valence-corrected chi connectivity index (χ4v) is 3.34. The first-order valence-corrected chi connectivity index (χ1v) is 10.2. The van der Waals surface area contributed by atoms with Gasteiger partial charge in [-0.2, -0.15) is 0 Å². The molecule has 29 heavy (non-hydrogen) atoms. The zero-order chi connectivity index (χ0) is 20.6. The average molecular weight is 418 g/mol. The molecule has 1 aromatic heterocycles. The quantitative estimate of drug-likeness (QED) is 0.577. The number of benzene rings is 1. The van der Waals surface area contributed by atoms with Gasteiger partial charge in [0.05, 0.1) is 6.26 Å². The van der Waals surface area contributed by atoms with Gasteiger partial charge in [0.25, 0.3) is 0 Å². The van der Waals surface area contributed by atoms with Gasteiger partial charge in [0.1, 0.15) is 12.3 Å². The zero-order valence-electron chi connectivity index (χ0n) is 17.0. The molecule has 0 radical (unpaired) electrons. The molecule has 0 aliphatic carbocycles. The van der Waals surface area contributed by atoms with Crippen molar-refractivity contribution in [1.29, 1.82) is 0 Å². The van der Waals surface area contributed by atoms with E-state index in [2.05, 4.69) is 26.2 Å². The van der Waals surface area contributed by atoms with Crippen LogP contribution in [0.25, 0.3) is 0 Å². The monoisotopic (exact) mass is 417 g/mol. The Hall–Kier alpha value is -2.67. The summed E-state index contributed by atoms with van der Waals surface area (Å²) >= 11 is 6.13. The number of rotatable bonds is 6. The van der Waals surface area contributed by atoms with Gasteiger partial charge in [-0.3, -0.25) is 4.79 Å². The third-order valence-electron chi connectivity index (χ3n) is 4.85. The van der Waals surface area contributed by atoms with Gasteiger partial charge in [0, 0.05) is 63.9 Å². The van der Waals surface area contributed by atoms with Gasteiger partial charge >= 0.3 is 0 Å². The number of furan rings is 1.